The zero-order valence-corrected chi connectivity index (χ0v) is 13.0. The minimum absolute atomic E-state index is 0.156. The molecule has 0 spiro atoms. The Morgan fingerprint density at radius 2 is 1.96 bits per heavy atom. The number of rotatable bonds is 2. The van der Waals surface area contributed by atoms with Crippen LogP contribution in [-0.2, 0) is 11.2 Å². The molecular formula is C22H14O2. The zero-order valence-electron chi connectivity index (χ0n) is 13.0. The smallest absolute Gasteiger partial charge is 0.335 e. The number of benzene rings is 2. The largest absolute Gasteiger partial charge is 0.478 e. The summed E-state index contributed by atoms with van der Waals surface area (Å²) in [6, 6.07) is 10.5. The fourth-order valence-electron chi connectivity index (χ4n) is 4.07. The van der Waals surface area contributed by atoms with Crippen LogP contribution >= 0.6 is 0 Å². The average molecular weight is 310 g/mol. The first-order valence-corrected chi connectivity index (χ1v) is 7.96. The van der Waals surface area contributed by atoms with Gasteiger partial charge in [-0.3, -0.25) is 0 Å². The van der Waals surface area contributed by atoms with Gasteiger partial charge in [0.15, 0.2) is 0 Å². The van der Waals surface area contributed by atoms with E-state index in [-0.39, 0.29) is 5.57 Å². The molecule has 2 aromatic carbocycles. The summed E-state index contributed by atoms with van der Waals surface area (Å²) in [6.07, 6.45) is 9.12. The number of fused-ring (bicyclic) bond motifs is 3. The summed E-state index contributed by atoms with van der Waals surface area (Å²) in [5, 5.41) is 11.8. The van der Waals surface area contributed by atoms with Gasteiger partial charge in [-0.25, -0.2) is 4.79 Å². The van der Waals surface area contributed by atoms with E-state index in [9.17, 15) is 9.90 Å². The van der Waals surface area contributed by atoms with Gasteiger partial charge in [-0.2, -0.15) is 0 Å². The van der Waals surface area contributed by atoms with Crippen LogP contribution in [0.1, 0.15) is 27.8 Å². The van der Waals surface area contributed by atoms with Crippen LogP contribution < -0.4 is 10.4 Å². The van der Waals surface area contributed by atoms with Crippen LogP contribution in [0.3, 0.4) is 0 Å². The minimum atomic E-state index is -0.968. The van der Waals surface area contributed by atoms with Crippen LogP contribution in [0.2, 0.25) is 0 Å². The third-order valence-corrected chi connectivity index (χ3v) is 5.12. The van der Waals surface area contributed by atoms with Gasteiger partial charge in [0.1, 0.15) is 0 Å². The summed E-state index contributed by atoms with van der Waals surface area (Å²) in [5.74, 6) is -0.968. The minimum Gasteiger partial charge on any atom is -0.478 e. The van der Waals surface area contributed by atoms with Gasteiger partial charge in [-0.1, -0.05) is 55.1 Å². The molecule has 24 heavy (non-hydrogen) atoms. The SMILES string of the molecule is C=C(C(=O)O)C1=Cc2cccc3c2C1=c1c(ccc2c1=CC=C2)C3. The molecule has 2 heteroatoms. The first-order valence-electron chi connectivity index (χ1n) is 7.96. The molecule has 0 amide bonds. The third-order valence-electron chi connectivity index (χ3n) is 5.12. The van der Waals surface area contributed by atoms with Crippen LogP contribution in [0.4, 0.5) is 0 Å². The van der Waals surface area contributed by atoms with Crippen molar-refractivity contribution in [2.24, 2.45) is 0 Å². The third kappa shape index (κ3) is 1.57. The number of carbonyl (C=O) groups is 1. The number of carboxylic acid groups (broad SMARTS) is 1. The molecule has 2 nitrogen and oxygen atoms in total. The number of hydrogen-bond donors (Lipinski definition) is 1. The summed E-state index contributed by atoms with van der Waals surface area (Å²) in [6.45, 7) is 3.82. The van der Waals surface area contributed by atoms with Crippen molar-refractivity contribution >= 4 is 29.8 Å². The standard InChI is InChI=1S/C22H14O2/c1-12(22(23)24)18-11-15-6-2-5-14-10-16-9-8-13-4-3-7-17(13)20(16)21(18)19(14)15/h2-9,11H,1,10H2,(H,23,24). The van der Waals surface area contributed by atoms with Gasteiger partial charge in [0, 0.05) is 0 Å². The van der Waals surface area contributed by atoms with E-state index < -0.39 is 5.97 Å². The van der Waals surface area contributed by atoms with Crippen molar-refractivity contribution in [3.63, 3.8) is 0 Å². The van der Waals surface area contributed by atoms with E-state index in [2.05, 4.69) is 49.1 Å². The molecule has 0 saturated carbocycles. The van der Waals surface area contributed by atoms with Crippen molar-refractivity contribution in [2.75, 3.05) is 0 Å². The number of carboxylic acids is 1. The number of allylic oxidation sites excluding steroid dienone is 1. The Morgan fingerprint density at radius 3 is 2.79 bits per heavy atom. The van der Waals surface area contributed by atoms with Gasteiger partial charge in [-0.15, -0.1) is 0 Å². The molecule has 5 rings (SSSR count). The Bertz CT molecular complexity index is 1160. The molecule has 1 N–H and O–H groups in total. The molecule has 0 fully saturated rings. The fraction of sp³-hybridized carbons (Fsp3) is 0.0455. The summed E-state index contributed by atoms with van der Waals surface area (Å²) >= 11 is 0. The Hall–Kier alpha value is -3.13. The maximum atomic E-state index is 11.6. The van der Waals surface area contributed by atoms with Gasteiger partial charge >= 0.3 is 5.97 Å². The maximum Gasteiger partial charge on any atom is 0.335 e. The second kappa shape index (κ2) is 4.45. The molecule has 0 aromatic heterocycles. The maximum absolute atomic E-state index is 11.6. The Labute approximate surface area is 139 Å². The van der Waals surface area contributed by atoms with Gasteiger partial charge in [0.05, 0.1) is 5.57 Å². The van der Waals surface area contributed by atoms with Crippen molar-refractivity contribution in [3.8, 4) is 0 Å². The zero-order chi connectivity index (χ0) is 16.4. The molecule has 3 aliphatic carbocycles. The predicted octanol–water partition coefficient (Wildman–Crippen LogP) is 2.63. The van der Waals surface area contributed by atoms with E-state index in [4.69, 9.17) is 0 Å². The molecule has 0 heterocycles. The molecule has 0 atom stereocenters. The number of hydrogen-bond acceptors (Lipinski definition) is 1. The Kier molecular flexibility index (Phi) is 2.47. The van der Waals surface area contributed by atoms with E-state index in [1.807, 2.05) is 12.1 Å². The highest BCUT2D eigenvalue weighted by molar-refractivity contribution is 6.08. The lowest BCUT2D eigenvalue weighted by Gasteiger charge is -2.20. The highest BCUT2D eigenvalue weighted by Gasteiger charge is 2.30. The van der Waals surface area contributed by atoms with Crippen molar-refractivity contribution < 1.29 is 9.90 Å². The lowest BCUT2D eigenvalue weighted by atomic mass is 9.83. The second-order valence-corrected chi connectivity index (χ2v) is 6.40. The second-order valence-electron chi connectivity index (χ2n) is 6.40. The van der Waals surface area contributed by atoms with Crippen molar-refractivity contribution in [1.29, 1.82) is 0 Å². The van der Waals surface area contributed by atoms with Crippen LogP contribution in [0, 0.1) is 0 Å². The molecule has 0 bridgehead atoms. The first kappa shape index (κ1) is 13.3. The summed E-state index contributed by atoms with van der Waals surface area (Å²) in [7, 11) is 0. The van der Waals surface area contributed by atoms with E-state index >= 15 is 0 Å². The molecule has 114 valence electrons. The fourth-order valence-corrected chi connectivity index (χ4v) is 4.07. The highest BCUT2D eigenvalue weighted by atomic mass is 16.4. The molecule has 0 saturated heterocycles. The van der Waals surface area contributed by atoms with E-state index in [1.165, 1.54) is 32.7 Å². The first-order chi connectivity index (χ1) is 11.6. The average Bonchev–Trinajstić information content (AvgIpc) is 3.20. The van der Waals surface area contributed by atoms with E-state index in [1.54, 1.807) is 0 Å². The van der Waals surface area contributed by atoms with Gasteiger partial charge < -0.3 is 5.11 Å². The van der Waals surface area contributed by atoms with E-state index in [0.717, 1.165) is 23.1 Å². The quantitative estimate of drug-likeness (QED) is 0.866. The molecular weight excluding hydrogens is 296 g/mol. The Morgan fingerprint density at radius 1 is 1.08 bits per heavy atom. The predicted molar refractivity (Wildman–Crippen MR) is 95.7 cm³/mol. The van der Waals surface area contributed by atoms with Crippen LogP contribution in [-0.4, -0.2) is 11.1 Å². The van der Waals surface area contributed by atoms with Crippen molar-refractivity contribution in [1.82, 2.24) is 0 Å². The lowest BCUT2D eigenvalue weighted by Crippen LogP contribution is -2.35. The van der Waals surface area contributed by atoms with Crippen molar-refractivity contribution in [2.45, 2.75) is 6.42 Å². The molecule has 0 aliphatic heterocycles. The summed E-state index contributed by atoms with van der Waals surface area (Å²) < 4.78 is 0. The molecule has 0 unspecified atom stereocenters. The van der Waals surface area contributed by atoms with Gasteiger partial charge in [-0.05, 0) is 61.9 Å². The topological polar surface area (TPSA) is 37.3 Å². The monoisotopic (exact) mass is 310 g/mol. The number of aliphatic carboxylic acids is 1. The van der Waals surface area contributed by atoms with E-state index in [0.29, 0.717) is 0 Å². The Balaban J connectivity index is 1.99. The molecule has 2 aromatic rings. The summed E-state index contributed by atoms with van der Waals surface area (Å²) in [5.41, 5.74) is 7.89. The summed E-state index contributed by atoms with van der Waals surface area (Å²) in [4.78, 5) is 11.6. The van der Waals surface area contributed by atoms with Gasteiger partial charge in [0.2, 0.25) is 0 Å². The van der Waals surface area contributed by atoms with Crippen LogP contribution in [0.5, 0.6) is 0 Å². The molecule has 0 radical (unpaired) electrons. The normalized spacial score (nSPS) is 15.3. The van der Waals surface area contributed by atoms with Gasteiger partial charge in [0.25, 0.3) is 0 Å². The van der Waals surface area contributed by atoms with Crippen LogP contribution in [0.25, 0.3) is 23.8 Å². The highest BCUT2D eigenvalue weighted by Crippen LogP contribution is 2.41. The van der Waals surface area contributed by atoms with Crippen molar-refractivity contribution in [3.05, 3.63) is 92.4 Å². The lowest BCUT2D eigenvalue weighted by molar-refractivity contribution is -0.132. The molecule has 3 aliphatic rings. The van der Waals surface area contributed by atoms with Crippen LogP contribution in [0.15, 0.2) is 54.1 Å².